The Balaban J connectivity index is 2.17. The van der Waals surface area contributed by atoms with Gasteiger partial charge in [-0.1, -0.05) is 26.0 Å². The van der Waals surface area contributed by atoms with Crippen molar-refractivity contribution in [2.24, 2.45) is 5.41 Å². The summed E-state index contributed by atoms with van der Waals surface area (Å²) >= 11 is 0. The summed E-state index contributed by atoms with van der Waals surface area (Å²) in [5.41, 5.74) is 0.965. The quantitative estimate of drug-likeness (QED) is 0.717. The number of aliphatic hydroxyl groups excluding tert-OH is 1. The van der Waals surface area contributed by atoms with Gasteiger partial charge in [-0.2, -0.15) is 0 Å². The molecule has 1 rings (SSSR count). The van der Waals surface area contributed by atoms with E-state index in [1.165, 1.54) is 6.07 Å². The fourth-order valence-electron chi connectivity index (χ4n) is 1.65. The molecule has 0 saturated heterocycles. The summed E-state index contributed by atoms with van der Waals surface area (Å²) in [5.74, 6) is -0.189. The summed E-state index contributed by atoms with van der Waals surface area (Å²) in [6.45, 7) is 5.91. The molecule has 2 nitrogen and oxygen atoms in total. The van der Waals surface area contributed by atoms with E-state index in [0.717, 1.165) is 24.9 Å². The summed E-state index contributed by atoms with van der Waals surface area (Å²) in [6, 6.07) is 6.63. The molecule has 0 amide bonds. The number of hydrogen-bond donors (Lipinski definition) is 2. The summed E-state index contributed by atoms with van der Waals surface area (Å²) in [7, 11) is 0. The third-order valence-electron chi connectivity index (χ3n) is 2.85. The molecule has 0 aliphatic rings. The van der Waals surface area contributed by atoms with Crippen molar-refractivity contribution >= 4 is 0 Å². The van der Waals surface area contributed by atoms with Crippen LogP contribution >= 0.6 is 0 Å². The Bertz CT molecular complexity index is 339. The van der Waals surface area contributed by atoms with Gasteiger partial charge in [-0.15, -0.1) is 0 Å². The van der Waals surface area contributed by atoms with Gasteiger partial charge in [-0.25, -0.2) is 4.39 Å². The average molecular weight is 239 g/mol. The van der Waals surface area contributed by atoms with Crippen LogP contribution in [0.5, 0.6) is 0 Å². The third kappa shape index (κ3) is 5.80. The van der Waals surface area contributed by atoms with Crippen LogP contribution in [0.1, 0.15) is 32.3 Å². The first-order chi connectivity index (χ1) is 8.03. The first kappa shape index (κ1) is 14.1. The van der Waals surface area contributed by atoms with Crippen molar-refractivity contribution in [3.63, 3.8) is 0 Å². The van der Waals surface area contributed by atoms with Crippen LogP contribution < -0.4 is 5.32 Å². The van der Waals surface area contributed by atoms with Gasteiger partial charge in [-0.3, -0.25) is 0 Å². The fraction of sp³-hybridized carbons (Fsp3) is 0.571. The molecule has 0 saturated carbocycles. The first-order valence-corrected chi connectivity index (χ1v) is 6.09. The second-order valence-electron chi connectivity index (χ2n) is 5.23. The Morgan fingerprint density at radius 2 is 2.12 bits per heavy atom. The first-order valence-electron chi connectivity index (χ1n) is 6.09. The van der Waals surface area contributed by atoms with E-state index >= 15 is 0 Å². The van der Waals surface area contributed by atoms with Crippen LogP contribution in [0.4, 0.5) is 4.39 Å². The van der Waals surface area contributed by atoms with E-state index in [4.69, 9.17) is 5.11 Å². The Labute approximate surface area is 103 Å². The predicted octanol–water partition coefficient (Wildman–Crippen LogP) is 2.71. The van der Waals surface area contributed by atoms with E-state index in [-0.39, 0.29) is 17.8 Å². The van der Waals surface area contributed by atoms with Crippen molar-refractivity contribution in [2.75, 3.05) is 13.2 Å². The highest BCUT2D eigenvalue weighted by Gasteiger charge is 2.14. The number of rotatable bonds is 7. The minimum Gasteiger partial charge on any atom is -0.396 e. The molecule has 0 fully saturated rings. The lowest BCUT2D eigenvalue weighted by Gasteiger charge is -2.21. The second-order valence-corrected chi connectivity index (χ2v) is 5.23. The van der Waals surface area contributed by atoms with Crippen LogP contribution in [0, 0.1) is 11.2 Å². The van der Waals surface area contributed by atoms with Crippen molar-refractivity contribution in [3.8, 4) is 0 Å². The van der Waals surface area contributed by atoms with E-state index in [1.807, 2.05) is 6.07 Å². The molecule has 2 N–H and O–H groups in total. The van der Waals surface area contributed by atoms with Crippen LogP contribution in [0.25, 0.3) is 0 Å². The molecule has 0 aliphatic carbocycles. The molecule has 0 radical (unpaired) electrons. The van der Waals surface area contributed by atoms with Gasteiger partial charge in [0, 0.05) is 13.2 Å². The lowest BCUT2D eigenvalue weighted by atomic mass is 9.89. The van der Waals surface area contributed by atoms with Gasteiger partial charge >= 0.3 is 0 Å². The number of benzene rings is 1. The molecule has 0 spiro atoms. The zero-order chi connectivity index (χ0) is 12.7. The topological polar surface area (TPSA) is 32.3 Å². The highest BCUT2D eigenvalue weighted by Crippen LogP contribution is 2.20. The molecule has 1 aromatic carbocycles. The maximum absolute atomic E-state index is 12.9. The molecule has 0 bridgehead atoms. The van der Waals surface area contributed by atoms with Crippen molar-refractivity contribution in [2.45, 2.75) is 33.2 Å². The average Bonchev–Trinajstić information content (AvgIpc) is 2.29. The van der Waals surface area contributed by atoms with Crippen molar-refractivity contribution in [1.82, 2.24) is 5.32 Å². The van der Waals surface area contributed by atoms with E-state index in [1.54, 1.807) is 12.1 Å². The number of hydrogen-bond acceptors (Lipinski definition) is 2. The highest BCUT2D eigenvalue weighted by atomic mass is 19.1. The summed E-state index contributed by atoms with van der Waals surface area (Å²) in [4.78, 5) is 0. The van der Waals surface area contributed by atoms with Crippen LogP contribution in [-0.2, 0) is 6.54 Å². The van der Waals surface area contributed by atoms with Crippen molar-refractivity contribution in [1.29, 1.82) is 0 Å². The van der Waals surface area contributed by atoms with E-state index < -0.39 is 0 Å². The van der Waals surface area contributed by atoms with Gasteiger partial charge in [0.25, 0.3) is 0 Å². The lowest BCUT2D eigenvalue weighted by molar-refractivity contribution is 0.148. The van der Waals surface area contributed by atoms with Gasteiger partial charge in [0.1, 0.15) is 5.82 Å². The van der Waals surface area contributed by atoms with E-state index in [0.29, 0.717) is 6.54 Å². The molecular formula is C14H22FNO. The number of aliphatic hydroxyl groups is 1. The summed E-state index contributed by atoms with van der Waals surface area (Å²) in [5, 5.41) is 12.4. The van der Waals surface area contributed by atoms with Crippen molar-refractivity contribution in [3.05, 3.63) is 35.6 Å². The van der Waals surface area contributed by atoms with Crippen LogP contribution in [-0.4, -0.2) is 18.3 Å². The molecular weight excluding hydrogens is 217 g/mol. The van der Waals surface area contributed by atoms with Crippen molar-refractivity contribution < 1.29 is 9.50 Å². The fourth-order valence-corrected chi connectivity index (χ4v) is 1.65. The Hall–Kier alpha value is -0.930. The van der Waals surface area contributed by atoms with E-state index in [9.17, 15) is 4.39 Å². The molecule has 1 aromatic rings. The maximum atomic E-state index is 12.9. The van der Waals surface area contributed by atoms with Crippen LogP contribution in [0.2, 0.25) is 0 Å². The normalized spacial score (nSPS) is 11.8. The Morgan fingerprint density at radius 1 is 1.35 bits per heavy atom. The zero-order valence-corrected chi connectivity index (χ0v) is 10.7. The number of halogens is 1. The largest absolute Gasteiger partial charge is 0.396 e. The molecule has 0 aromatic heterocycles. The monoisotopic (exact) mass is 239 g/mol. The van der Waals surface area contributed by atoms with Gasteiger partial charge in [0.15, 0.2) is 0 Å². The summed E-state index contributed by atoms with van der Waals surface area (Å²) in [6.07, 6.45) is 2.00. The van der Waals surface area contributed by atoms with Crippen LogP contribution in [0.3, 0.4) is 0 Å². The maximum Gasteiger partial charge on any atom is 0.123 e. The van der Waals surface area contributed by atoms with E-state index in [2.05, 4.69) is 19.2 Å². The predicted molar refractivity (Wildman–Crippen MR) is 68.2 cm³/mol. The zero-order valence-electron chi connectivity index (χ0n) is 10.7. The minimum atomic E-state index is -0.189. The molecule has 0 unspecified atom stereocenters. The molecule has 0 aliphatic heterocycles. The minimum absolute atomic E-state index is 0.000531. The smallest absolute Gasteiger partial charge is 0.123 e. The molecule has 17 heavy (non-hydrogen) atoms. The number of nitrogens with one attached hydrogen (secondary N) is 1. The molecule has 0 atom stereocenters. The van der Waals surface area contributed by atoms with Gasteiger partial charge in [0.05, 0.1) is 0 Å². The molecule has 3 heteroatoms. The van der Waals surface area contributed by atoms with Crippen LogP contribution in [0.15, 0.2) is 24.3 Å². The van der Waals surface area contributed by atoms with Gasteiger partial charge < -0.3 is 10.4 Å². The Kier molecular flexibility index (Phi) is 5.59. The second kappa shape index (κ2) is 6.72. The van der Waals surface area contributed by atoms with Gasteiger partial charge in [0.2, 0.25) is 0 Å². The standard InChI is InChI=1S/C14H22FNO/c1-14(2,11-17)7-4-8-16-10-12-5-3-6-13(15)9-12/h3,5-6,9,16-17H,4,7-8,10-11H2,1-2H3. The SMILES string of the molecule is CC(C)(CO)CCCNCc1cccc(F)c1. The third-order valence-corrected chi connectivity index (χ3v) is 2.85. The lowest BCUT2D eigenvalue weighted by Crippen LogP contribution is -2.20. The van der Waals surface area contributed by atoms with Gasteiger partial charge in [-0.05, 0) is 42.5 Å². The highest BCUT2D eigenvalue weighted by molar-refractivity contribution is 5.15. The summed E-state index contributed by atoms with van der Waals surface area (Å²) < 4.78 is 12.9. The molecule has 0 heterocycles. The Morgan fingerprint density at radius 3 is 2.76 bits per heavy atom. The molecule has 96 valence electrons.